The Hall–Kier alpha value is -0.940. The molecule has 0 spiro atoms. The fraction of sp³-hybridized carbons (Fsp3) is 0.818. The van der Waals surface area contributed by atoms with Crippen molar-refractivity contribution in [2.45, 2.75) is 32.9 Å². The van der Waals surface area contributed by atoms with Crippen molar-refractivity contribution in [2.24, 2.45) is 5.92 Å². The van der Waals surface area contributed by atoms with Crippen LogP contribution in [0.5, 0.6) is 0 Å². The van der Waals surface area contributed by atoms with E-state index in [2.05, 4.69) is 29.2 Å². The number of aromatic nitrogens is 3. The van der Waals surface area contributed by atoms with E-state index in [0.717, 1.165) is 25.5 Å². The highest BCUT2D eigenvalue weighted by molar-refractivity contribution is 4.83. The lowest BCUT2D eigenvalue weighted by atomic mass is 10.1. The number of hydrogen-bond acceptors (Lipinski definition) is 4. The highest BCUT2D eigenvalue weighted by Gasteiger charge is 2.15. The molecule has 1 aromatic heterocycles. The molecule has 0 saturated carbocycles. The van der Waals surface area contributed by atoms with Crippen molar-refractivity contribution in [3.63, 3.8) is 0 Å². The molecule has 90 valence electrons. The van der Waals surface area contributed by atoms with Crippen LogP contribution < -0.4 is 5.32 Å². The summed E-state index contributed by atoms with van der Waals surface area (Å²) in [4.78, 5) is 4.21. The zero-order valence-electron chi connectivity index (χ0n) is 10.0. The van der Waals surface area contributed by atoms with Crippen molar-refractivity contribution in [2.75, 3.05) is 19.7 Å². The summed E-state index contributed by atoms with van der Waals surface area (Å²) in [6.45, 7) is 7.78. The molecule has 1 saturated heterocycles. The van der Waals surface area contributed by atoms with Crippen molar-refractivity contribution in [1.29, 1.82) is 0 Å². The SMILES string of the molecule is CC(C)n1ncnc1COCC1CCNC1. The molecule has 5 heteroatoms. The maximum Gasteiger partial charge on any atom is 0.153 e. The van der Waals surface area contributed by atoms with E-state index >= 15 is 0 Å². The first-order valence-electron chi connectivity index (χ1n) is 5.94. The van der Waals surface area contributed by atoms with Crippen molar-refractivity contribution < 1.29 is 4.74 Å². The van der Waals surface area contributed by atoms with Gasteiger partial charge in [0, 0.05) is 12.6 Å². The Labute approximate surface area is 96.2 Å². The molecule has 1 fully saturated rings. The summed E-state index contributed by atoms with van der Waals surface area (Å²) >= 11 is 0. The first-order chi connectivity index (χ1) is 7.77. The van der Waals surface area contributed by atoms with Gasteiger partial charge in [-0.2, -0.15) is 5.10 Å². The van der Waals surface area contributed by atoms with Crippen LogP contribution in [0.1, 0.15) is 32.1 Å². The number of rotatable bonds is 5. The normalized spacial score (nSPS) is 20.8. The van der Waals surface area contributed by atoms with Crippen LogP contribution >= 0.6 is 0 Å². The van der Waals surface area contributed by atoms with Gasteiger partial charge in [0.15, 0.2) is 5.82 Å². The molecule has 2 heterocycles. The summed E-state index contributed by atoms with van der Waals surface area (Å²) < 4.78 is 7.60. The van der Waals surface area contributed by atoms with Crippen LogP contribution in [-0.4, -0.2) is 34.5 Å². The second-order valence-electron chi connectivity index (χ2n) is 4.59. The average Bonchev–Trinajstić information content (AvgIpc) is 2.87. The Morgan fingerprint density at radius 1 is 1.62 bits per heavy atom. The lowest BCUT2D eigenvalue weighted by molar-refractivity contribution is 0.0845. The van der Waals surface area contributed by atoms with Gasteiger partial charge in [0.05, 0.1) is 6.61 Å². The fourth-order valence-electron chi connectivity index (χ4n) is 1.98. The van der Waals surface area contributed by atoms with E-state index in [-0.39, 0.29) is 0 Å². The van der Waals surface area contributed by atoms with Gasteiger partial charge in [-0.3, -0.25) is 0 Å². The lowest BCUT2D eigenvalue weighted by Crippen LogP contribution is -2.15. The quantitative estimate of drug-likeness (QED) is 0.810. The zero-order valence-corrected chi connectivity index (χ0v) is 10.0. The molecular formula is C11H20N4O. The van der Waals surface area contributed by atoms with Crippen molar-refractivity contribution in [1.82, 2.24) is 20.1 Å². The summed E-state index contributed by atoms with van der Waals surface area (Å²) in [5, 5.41) is 7.51. The first kappa shape index (κ1) is 11.5. The van der Waals surface area contributed by atoms with Crippen LogP contribution in [0, 0.1) is 5.92 Å². The van der Waals surface area contributed by atoms with E-state index in [4.69, 9.17) is 4.74 Å². The summed E-state index contributed by atoms with van der Waals surface area (Å²) in [7, 11) is 0. The van der Waals surface area contributed by atoms with E-state index in [1.807, 2.05) is 4.68 Å². The summed E-state index contributed by atoms with van der Waals surface area (Å²) in [6.07, 6.45) is 2.81. The number of hydrogen-bond donors (Lipinski definition) is 1. The molecule has 0 amide bonds. The minimum Gasteiger partial charge on any atom is -0.373 e. The largest absolute Gasteiger partial charge is 0.373 e. The zero-order chi connectivity index (χ0) is 11.4. The van der Waals surface area contributed by atoms with E-state index in [1.165, 1.54) is 6.42 Å². The highest BCUT2D eigenvalue weighted by atomic mass is 16.5. The van der Waals surface area contributed by atoms with Crippen LogP contribution in [-0.2, 0) is 11.3 Å². The second-order valence-corrected chi connectivity index (χ2v) is 4.59. The molecule has 0 aliphatic carbocycles. The Morgan fingerprint density at radius 3 is 3.19 bits per heavy atom. The number of nitrogens with zero attached hydrogens (tertiary/aromatic N) is 3. The van der Waals surface area contributed by atoms with Crippen LogP contribution in [0.2, 0.25) is 0 Å². The van der Waals surface area contributed by atoms with Gasteiger partial charge >= 0.3 is 0 Å². The summed E-state index contributed by atoms with van der Waals surface area (Å²) in [5.74, 6) is 1.58. The minimum atomic E-state index is 0.342. The monoisotopic (exact) mass is 224 g/mol. The second kappa shape index (κ2) is 5.41. The molecule has 1 atom stereocenters. The summed E-state index contributed by atoms with van der Waals surface area (Å²) in [6, 6.07) is 0.342. The predicted octanol–water partition coefficient (Wildman–Crippen LogP) is 0.985. The molecule has 1 N–H and O–H groups in total. The average molecular weight is 224 g/mol. The molecule has 0 bridgehead atoms. The molecule has 16 heavy (non-hydrogen) atoms. The molecule has 1 aliphatic heterocycles. The highest BCUT2D eigenvalue weighted by Crippen LogP contribution is 2.10. The van der Waals surface area contributed by atoms with Gasteiger partial charge < -0.3 is 10.1 Å². The Bertz CT molecular complexity index is 318. The maximum absolute atomic E-state index is 5.69. The maximum atomic E-state index is 5.69. The predicted molar refractivity (Wildman–Crippen MR) is 61.0 cm³/mol. The molecule has 1 unspecified atom stereocenters. The van der Waals surface area contributed by atoms with Gasteiger partial charge in [-0.15, -0.1) is 0 Å². The van der Waals surface area contributed by atoms with Gasteiger partial charge in [-0.05, 0) is 32.7 Å². The van der Waals surface area contributed by atoms with Crippen LogP contribution in [0.25, 0.3) is 0 Å². The van der Waals surface area contributed by atoms with Gasteiger partial charge in [0.2, 0.25) is 0 Å². The van der Waals surface area contributed by atoms with Crippen molar-refractivity contribution in [3.8, 4) is 0 Å². The standard InChI is InChI=1S/C11H20N4O/c1-9(2)15-11(13-8-14-15)7-16-6-10-3-4-12-5-10/h8-10,12H,3-7H2,1-2H3. The summed E-state index contributed by atoms with van der Waals surface area (Å²) in [5.41, 5.74) is 0. The van der Waals surface area contributed by atoms with Crippen molar-refractivity contribution >= 4 is 0 Å². The van der Waals surface area contributed by atoms with Gasteiger partial charge in [0.1, 0.15) is 12.9 Å². The van der Waals surface area contributed by atoms with Gasteiger partial charge in [0.25, 0.3) is 0 Å². The Kier molecular flexibility index (Phi) is 3.90. The van der Waals surface area contributed by atoms with E-state index < -0.39 is 0 Å². The lowest BCUT2D eigenvalue weighted by Gasteiger charge is -2.11. The van der Waals surface area contributed by atoms with Crippen LogP contribution in [0.4, 0.5) is 0 Å². The van der Waals surface area contributed by atoms with Gasteiger partial charge in [-0.1, -0.05) is 0 Å². The first-order valence-corrected chi connectivity index (χ1v) is 5.94. The molecule has 2 rings (SSSR count). The topological polar surface area (TPSA) is 52.0 Å². The molecular weight excluding hydrogens is 204 g/mol. The van der Waals surface area contributed by atoms with E-state index in [9.17, 15) is 0 Å². The molecule has 5 nitrogen and oxygen atoms in total. The molecule has 1 aromatic rings. The van der Waals surface area contributed by atoms with Crippen LogP contribution in [0.3, 0.4) is 0 Å². The smallest absolute Gasteiger partial charge is 0.153 e. The van der Waals surface area contributed by atoms with E-state index in [1.54, 1.807) is 6.33 Å². The molecule has 0 aromatic carbocycles. The Balaban J connectivity index is 1.78. The van der Waals surface area contributed by atoms with Crippen LogP contribution in [0.15, 0.2) is 6.33 Å². The third-order valence-electron chi connectivity index (χ3n) is 2.88. The fourth-order valence-corrected chi connectivity index (χ4v) is 1.98. The van der Waals surface area contributed by atoms with E-state index in [0.29, 0.717) is 18.6 Å². The Morgan fingerprint density at radius 2 is 2.50 bits per heavy atom. The van der Waals surface area contributed by atoms with Gasteiger partial charge in [-0.25, -0.2) is 9.67 Å². The number of ether oxygens (including phenoxy) is 1. The minimum absolute atomic E-state index is 0.342. The molecule has 0 radical (unpaired) electrons. The third-order valence-corrected chi connectivity index (χ3v) is 2.88. The third kappa shape index (κ3) is 2.80. The number of nitrogens with one attached hydrogen (secondary N) is 1. The van der Waals surface area contributed by atoms with Crippen molar-refractivity contribution in [3.05, 3.63) is 12.2 Å². The molecule has 1 aliphatic rings.